The Labute approximate surface area is 165 Å². The van der Waals surface area contributed by atoms with E-state index in [9.17, 15) is 10.2 Å². The van der Waals surface area contributed by atoms with E-state index in [4.69, 9.17) is 26.4 Å². The van der Waals surface area contributed by atoms with Crippen LogP contribution in [-0.4, -0.2) is 52.6 Å². The van der Waals surface area contributed by atoms with Crippen molar-refractivity contribution in [3.05, 3.63) is 40.7 Å². The Bertz CT molecular complexity index is 1060. The van der Waals surface area contributed by atoms with E-state index >= 15 is 0 Å². The Morgan fingerprint density at radius 3 is 2.32 bits per heavy atom. The number of aromatic amines is 1. The first-order valence-corrected chi connectivity index (χ1v) is 8.43. The Kier molecular flexibility index (Phi) is 5.50. The van der Waals surface area contributed by atoms with Crippen molar-refractivity contribution in [2.75, 3.05) is 21.3 Å². The minimum absolute atomic E-state index is 0.0484. The highest BCUT2D eigenvalue weighted by Gasteiger charge is 2.17. The maximum absolute atomic E-state index is 9.91. The second kappa shape index (κ2) is 8.01. The van der Waals surface area contributed by atoms with E-state index in [1.54, 1.807) is 12.1 Å². The lowest BCUT2D eigenvalue weighted by molar-refractivity contribution is 0.324. The Balaban J connectivity index is 2.08. The molecule has 28 heavy (non-hydrogen) atoms. The maximum Gasteiger partial charge on any atom is 0.216 e. The number of hydrogen-bond acceptors (Lipinski definition) is 8. The van der Waals surface area contributed by atoms with E-state index in [2.05, 4.69) is 15.3 Å². The van der Waals surface area contributed by atoms with E-state index in [0.29, 0.717) is 34.2 Å². The topological polar surface area (TPSA) is 114 Å². The third kappa shape index (κ3) is 3.62. The number of aromatic nitrogens is 3. The van der Waals surface area contributed by atoms with E-state index in [-0.39, 0.29) is 16.3 Å². The van der Waals surface area contributed by atoms with Gasteiger partial charge in [0.2, 0.25) is 10.5 Å². The summed E-state index contributed by atoms with van der Waals surface area (Å²) in [5, 5.41) is 30.5. The molecule has 9 nitrogen and oxygen atoms in total. The summed E-state index contributed by atoms with van der Waals surface area (Å²) in [7, 11) is 4.55. The molecular weight excluding hydrogens is 384 g/mol. The van der Waals surface area contributed by atoms with Crippen LogP contribution in [0.25, 0.3) is 11.4 Å². The molecule has 146 valence electrons. The standard InChI is InChI=1S/C18H18N4O5S/c1-25-14-6-11(7-15(26-2)16(14)27-3)17-20-21-18(28)22(17)19-9-10-4-5-12(23)8-13(10)24/h4-9,23-24H,1-3H3,(H,21,28)/b19-9-. The van der Waals surface area contributed by atoms with Gasteiger partial charge < -0.3 is 24.4 Å². The molecule has 0 amide bonds. The van der Waals surface area contributed by atoms with Gasteiger partial charge in [-0.1, -0.05) is 0 Å². The van der Waals surface area contributed by atoms with Gasteiger partial charge in [-0.25, -0.2) is 5.10 Å². The number of rotatable bonds is 6. The first kappa shape index (κ1) is 19.2. The summed E-state index contributed by atoms with van der Waals surface area (Å²) in [6.45, 7) is 0. The molecule has 0 radical (unpaired) electrons. The number of phenolic OH excluding ortho intramolecular Hbond substituents is 2. The van der Waals surface area contributed by atoms with Gasteiger partial charge in [-0.2, -0.15) is 14.9 Å². The summed E-state index contributed by atoms with van der Waals surface area (Å²) in [5.41, 5.74) is 1.02. The quantitative estimate of drug-likeness (QED) is 0.429. The number of hydrogen-bond donors (Lipinski definition) is 3. The number of nitrogens with zero attached hydrogens (tertiary/aromatic N) is 3. The molecule has 0 saturated carbocycles. The van der Waals surface area contributed by atoms with Gasteiger partial charge in [0.25, 0.3) is 0 Å². The molecule has 0 unspecified atom stereocenters. The zero-order valence-electron chi connectivity index (χ0n) is 15.3. The van der Waals surface area contributed by atoms with Crippen LogP contribution in [0, 0.1) is 4.77 Å². The smallest absolute Gasteiger partial charge is 0.216 e. The molecule has 0 aliphatic rings. The molecule has 0 aliphatic heterocycles. The molecule has 0 atom stereocenters. The minimum atomic E-state index is -0.118. The molecule has 0 fully saturated rings. The largest absolute Gasteiger partial charge is 0.508 e. The SMILES string of the molecule is COc1cc(-c2n[nH]c(=S)n2/N=C\c2ccc(O)cc2O)cc(OC)c1OC. The fourth-order valence-electron chi connectivity index (χ4n) is 2.56. The van der Waals surface area contributed by atoms with Crippen molar-refractivity contribution in [1.29, 1.82) is 0 Å². The van der Waals surface area contributed by atoms with Gasteiger partial charge in [-0.3, -0.25) is 0 Å². The third-order valence-corrected chi connectivity index (χ3v) is 4.16. The molecule has 2 aromatic carbocycles. The minimum Gasteiger partial charge on any atom is -0.508 e. The molecule has 3 N–H and O–H groups in total. The van der Waals surface area contributed by atoms with Crippen LogP contribution in [-0.2, 0) is 0 Å². The monoisotopic (exact) mass is 402 g/mol. The Hall–Kier alpha value is -3.53. The number of nitrogens with one attached hydrogen (secondary N) is 1. The normalized spacial score (nSPS) is 11.0. The highest BCUT2D eigenvalue weighted by Crippen LogP contribution is 2.40. The highest BCUT2D eigenvalue weighted by atomic mass is 32.1. The van der Waals surface area contributed by atoms with Crippen LogP contribution < -0.4 is 14.2 Å². The van der Waals surface area contributed by atoms with Crippen molar-refractivity contribution in [2.45, 2.75) is 0 Å². The molecule has 10 heteroatoms. The van der Waals surface area contributed by atoms with Crippen LogP contribution in [0.3, 0.4) is 0 Å². The predicted octanol–water partition coefficient (Wildman–Crippen LogP) is 2.93. The van der Waals surface area contributed by atoms with Crippen molar-refractivity contribution >= 4 is 18.4 Å². The molecule has 0 bridgehead atoms. The lowest BCUT2D eigenvalue weighted by Crippen LogP contribution is -1.99. The Morgan fingerprint density at radius 2 is 1.75 bits per heavy atom. The number of phenols is 2. The van der Waals surface area contributed by atoms with Crippen molar-refractivity contribution in [2.24, 2.45) is 5.10 Å². The highest BCUT2D eigenvalue weighted by molar-refractivity contribution is 7.71. The second-order valence-corrected chi connectivity index (χ2v) is 5.95. The van der Waals surface area contributed by atoms with Crippen LogP contribution in [0.1, 0.15) is 5.56 Å². The zero-order valence-corrected chi connectivity index (χ0v) is 16.1. The van der Waals surface area contributed by atoms with E-state index < -0.39 is 0 Å². The average molecular weight is 402 g/mol. The maximum atomic E-state index is 9.91. The van der Waals surface area contributed by atoms with Gasteiger partial charge in [0.05, 0.1) is 27.5 Å². The predicted molar refractivity (Wildman–Crippen MR) is 105 cm³/mol. The summed E-state index contributed by atoms with van der Waals surface area (Å²) >= 11 is 5.25. The van der Waals surface area contributed by atoms with E-state index in [1.165, 1.54) is 50.4 Å². The fraction of sp³-hybridized carbons (Fsp3) is 0.167. The average Bonchev–Trinajstić information content (AvgIpc) is 3.06. The lowest BCUT2D eigenvalue weighted by Gasteiger charge is -2.13. The second-order valence-electron chi connectivity index (χ2n) is 5.57. The molecule has 0 saturated heterocycles. The van der Waals surface area contributed by atoms with Crippen LogP contribution in [0.5, 0.6) is 28.7 Å². The van der Waals surface area contributed by atoms with Gasteiger partial charge in [0.15, 0.2) is 17.3 Å². The van der Waals surface area contributed by atoms with Gasteiger partial charge in [-0.05, 0) is 36.5 Å². The number of methoxy groups -OCH3 is 3. The summed E-state index contributed by atoms with van der Waals surface area (Å²) < 4.78 is 17.7. The molecular formula is C18H18N4O5S. The first-order valence-electron chi connectivity index (χ1n) is 8.02. The summed E-state index contributed by atoms with van der Waals surface area (Å²) in [6.07, 6.45) is 1.40. The molecule has 3 aromatic rings. The van der Waals surface area contributed by atoms with Gasteiger partial charge in [0.1, 0.15) is 11.5 Å². The van der Waals surface area contributed by atoms with Gasteiger partial charge >= 0.3 is 0 Å². The Morgan fingerprint density at radius 1 is 1.07 bits per heavy atom. The van der Waals surface area contributed by atoms with Crippen molar-refractivity contribution in [1.82, 2.24) is 14.9 Å². The third-order valence-electron chi connectivity index (χ3n) is 3.90. The van der Waals surface area contributed by atoms with E-state index in [1.807, 2.05) is 0 Å². The molecule has 0 spiro atoms. The van der Waals surface area contributed by atoms with Gasteiger partial charge in [0, 0.05) is 17.2 Å². The number of aromatic hydroxyl groups is 2. The summed E-state index contributed by atoms with van der Waals surface area (Å²) in [5.74, 6) is 1.60. The van der Waals surface area contributed by atoms with Crippen LogP contribution in [0.2, 0.25) is 0 Å². The summed E-state index contributed by atoms with van der Waals surface area (Å²) in [6, 6.07) is 7.62. The first-order chi connectivity index (χ1) is 13.5. The lowest BCUT2D eigenvalue weighted by atomic mass is 10.1. The zero-order chi connectivity index (χ0) is 20.3. The van der Waals surface area contributed by atoms with Crippen molar-refractivity contribution in [3.63, 3.8) is 0 Å². The summed E-state index contributed by atoms with van der Waals surface area (Å²) in [4.78, 5) is 0. The molecule has 0 aliphatic carbocycles. The van der Waals surface area contributed by atoms with Crippen molar-refractivity contribution < 1.29 is 24.4 Å². The van der Waals surface area contributed by atoms with Crippen LogP contribution in [0.15, 0.2) is 35.4 Å². The van der Waals surface area contributed by atoms with Crippen molar-refractivity contribution in [3.8, 4) is 40.1 Å². The van der Waals surface area contributed by atoms with Gasteiger partial charge in [-0.15, -0.1) is 0 Å². The fourth-order valence-corrected chi connectivity index (χ4v) is 2.74. The van der Waals surface area contributed by atoms with Crippen LogP contribution >= 0.6 is 12.2 Å². The van der Waals surface area contributed by atoms with E-state index in [0.717, 1.165) is 0 Å². The number of ether oxygens (including phenoxy) is 3. The molecule has 1 aromatic heterocycles. The molecule has 3 rings (SSSR count). The number of H-pyrrole nitrogens is 1. The molecule has 1 heterocycles. The number of benzene rings is 2. The van der Waals surface area contributed by atoms with Crippen LogP contribution in [0.4, 0.5) is 0 Å².